The van der Waals surface area contributed by atoms with Crippen LogP contribution in [0.5, 0.6) is 0 Å². The Morgan fingerprint density at radius 3 is 2.57 bits per heavy atom. The molecule has 3 aromatic rings. The number of aliphatic hydroxyl groups is 1. The average Bonchev–Trinajstić information content (AvgIpc) is 3.11. The number of esters is 1. The number of benzene rings is 2. The standard InChI is InChI=1S/C21H21N3O3S/c1-21(26)12-17(27-18(25)13-21)14-28-20-22-19(15-8-4-2-5-9-15)24(23-20)16-10-6-3-7-11-16/h2-11,17,26H,12-14H2,1H3/p+1/t17-,21-/m1/s1. The molecule has 4 rings (SSSR count). The number of carbonyl (C=O) groups excluding carboxylic acids is 1. The minimum absolute atomic E-state index is 0.0427. The summed E-state index contributed by atoms with van der Waals surface area (Å²) < 4.78 is 7.33. The van der Waals surface area contributed by atoms with E-state index in [1.54, 1.807) is 6.92 Å². The molecule has 144 valence electrons. The van der Waals surface area contributed by atoms with Gasteiger partial charge in [0.05, 0.1) is 17.6 Å². The van der Waals surface area contributed by atoms with Crippen molar-refractivity contribution in [2.75, 3.05) is 5.75 Å². The Morgan fingerprint density at radius 2 is 1.89 bits per heavy atom. The molecule has 1 fully saturated rings. The summed E-state index contributed by atoms with van der Waals surface area (Å²) in [6.07, 6.45) is 0.134. The van der Waals surface area contributed by atoms with Crippen LogP contribution in [0, 0.1) is 0 Å². The maximum absolute atomic E-state index is 11.7. The van der Waals surface area contributed by atoms with Crippen molar-refractivity contribution in [2.24, 2.45) is 0 Å². The van der Waals surface area contributed by atoms with Crippen molar-refractivity contribution in [3.63, 3.8) is 0 Å². The number of cyclic esters (lactones) is 1. The molecule has 2 heterocycles. The normalized spacial score (nSPS) is 22.1. The zero-order chi connectivity index (χ0) is 19.6. The quantitative estimate of drug-likeness (QED) is 0.394. The zero-order valence-corrected chi connectivity index (χ0v) is 16.4. The van der Waals surface area contributed by atoms with Crippen molar-refractivity contribution in [1.29, 1.82) is 0 Å². The Labute approximate surface area is 167 Å². The van der Waals surface area contributed by atoms with Crippen LogP contribution in [0.4, 0.5) is 0 Å². The van der Waals surface area contributed by atoms with Gasteiger partial charge in [-0.2, -0.15) is 5.10 Å². The number of hydrogen-bond donors (Lipinski definition) is 2. The highest BCUT2D eigenvalue weighted by Gasteiger charge is 2.36. The predicted molar refractivity (Wildman–Crippen MR) is 106 cm³/mol. The van der Waals surface area contributed by atoms with E-state index in [9.17, 15) is 9.90 Å². The number of aromatic amines is 1. The summed E-state index contributed by atoms with van der Waals surface area (Å²) in [5, 5.41) is 14.3. The highest BCUT2D eigenvalue weighted by atomic mass is 32.2. The van der Waals surface area contributed by atoms with E-state index in [4.69, 9.17) is 9.72 Å². The number of nitrogens with zero attached hydrogens (tertiary/aromatic N) is 2. The molecule has 0 aliphatic carbocycles. The highest BCUT2D eigenvalue weighted by Crippen LogP contribution is 2.29. The van der Waals surface area contributed by atoms with Crippen LogP contribution in [0.3, 0.4) is 0 Å². The molecule has 0 spiro atoms. The lowest BCUT2D eigenvalue weighted by Gasteiger charge is -2.32. The molecule has 1 aliphatic rings. The van der Waals surface area contributed by atoms with Gasteiger partial charge in [0.2, 0.25) is 0 Å². The van der Waals surface area contributed by atoms with Gasteiger partial charge < -0.3 is 9.84 Å². The molecule has 6 nitrogen and oxygen atoms in total. The monoisotopic (exact) mass is 396 g/mol. The molecule has 0 saturated carbocycles. The van der Waals surface area contributed by atoms with Crippen LogP contribution >= 0.6 is 11.8 Å². The second kappa shape index (κ2) is 7.77. The van der Waals surface area contributed by atoms with Gasteiger partial charge in [-0.1, -0.05) is 48.2 Å². The molecule has 1 aromatic heterocycles. The summed E-state index contributed by atoms with van der Waals surface area (Å²) in [6, 6.07) is 19.9. The summed E-state index contributed by atoms with van der Waals surface area (Å²) in [4.78, 5) is 16.5. The fourth-order valence-electron chi connectivity index (χ4n) is 3.34. The largest absolute Gasteiger partial charge is 0.461 e. The predicted octanol–water partition coefficient (Wildman–Crippen LogP) is 2.90. The number of nitrogens with one attached hydrogen (secondary N) is 1. The summed E-state index contributed by atoms with van der Waals surface area (Å²) in [5.74, 6) is 0.978. The van der Waals surface area contributed by atoms with Crippen molar-refractivity contribution < 1.29 is 19.3 Å². The number of para-hydroxylation sites is 1. The molecule has 2 aromatic carbocycles. The third-order valence-corrected chi connectivity index (χ3v) is 5.56. The van der Waals surface area contributed by atoms with E-state index in [2.05, 4.69) is 5.10 Å². The van der Waals surface area contributed by atoms with Crippen LogP contribution < -0.4 is 4.68 Å². The van der Waals surface area contributed by atoms with Gasteiger partial charge in [0, 0.05) is 12.2 Å². The number of carbonyl (C=O) groups is 1. The van der Waals surface area contributed by atoms with Crippen LogP contribution in [0.15, 0.2) is 65.8 Å². The highest BCUT2D eigenvalue weighted by molar-refractivity contribution is 7.99. The van der Waals surface area contributed by atoms with Crippen LogP contribution in [0.25, 0.3) is 17.1 Å². The Hall–Kier alpha value is -2.64. The molecular formula is C21H22N3O3S+. The van der Waals surface area contributed by atoms with Crippen molar-refractivity contribution in [2.45, 2.75) is 36.6 Å². The van der Waals surface area contributed by atoms with Gasteiger partial charge in [-0.05, 0) is 36.2 Å². The summed E-state index contributed by atoms with van der Waals surface area (Å²) >= 11 is 1.48. The third-order valence-electron chi connectivity index (χ3n) is 4.57. The van der Waals surface area contributed by atoms with Crippen LogP contribution in [0.1, 0.15) is 19.8 Å². The minimum Gasteiger partial charge on any atom is -0.461 e. The van der Waals surface area contributed by atoms with Crippen LogP contribution in [-0.2, 0) is 9.53 Å². The van der Waals surface area contributed by atoms with E-state index in [-0.39, 0.29) is 18.5 Å². The number of H-pyrrole nitrogens is 1. The second-order valence-electron chi connectivity index (χ2n) is 7.19. The van der Waals surface area contributed by atoms with E-state index in [1.165, 1.54) is 11.8 Å². The molecule has 28 heavy (non-hydrogen) atoms. The molecule has 0 amide bonds. The summed E-state index contributed by atoms with van der Waals surface area (Å²) in [5.41, 5.74) is 0.970. The molecule has 1 saturated heterocycles. The summed E-state index contributed by atoms with van der Waals surface area (Å²) in [7, 11) is 0. The first-order valence-electron chi connectivity index (χ1n) is 9.18. The molecule has 2 N–H and O–H groups in total. The van der Waals surface area contributed by atoms with Gasteiger partial charge in [-0.25, -0.2) is 0 Å². The van der Waals surface area contributed by atoms with Gasteiger partial charge in [-0.3, -0.25) is 4.79 Å². The first kappa shape index (κ1) is 18.7. The number of rotatable bonds is 5. The van der Waals surface area contributed by atoms with E-state index >= 15 is 0 Å². The lowest BCUT2D eigenvalue weighted by Crippen LogP contribution is -2.42. The van der Waals surface area contributed by atoms with Crippen LogP contribution in [-0.4, -0.2) is 38.6 Å². The van der Waals surface area contributed by atoms with Gasteiger partial charge >= 0.3 is 17.0 Å². The number of aromatic nitrogens is 3. The minimum atomic E-state index is -1.01. The van der Waals surface area contributed by atoms with Gasteiger partial charge in [-0.15, -0.1) is 4.68 Å². The van der Waals surface area contributed by atoms with Crippen molar-refractivity contribution >= 4 is 17.7 Å². The van der Waals surface area contributed by atoms with E-state index in [0.29, 0.717) is 12.2 Å². The maximum atomic E-state index is 11.7. The van der Waals surface area contributed by atoms with Gasteiger partial charge in [0.1, 0.15) is 6.10 Å². The lowest BCUT2D eigenvalue weighted by atomic mass is 9.93. The number of ether oxygens (including phenoxy) is 1. The fourth-order valence-corrected chi connectivity index (χ4v) is 4.17. The molecule has 1 aliphatic heterocycles. The zero-order valence-electron chi connectivity index (χ0n) is 15.5. The van der Waals surface area contributed by atoms with Gasteiger partial charge in [0.15, 0.2) is 5.69 Å². The Kier molecular flexibility index (Phi) is 5.19. The molecule has 7 heteroatoms. The Balaban J connectivity index is 1.58. The van der Waals surface area contributed by atoms with Crippen molar-refractivity contribution in [3.8, 4) is 17.1 Å². The summed E-state index contributed by atoms with van der Waals surface area (Å²) in [6.45, 7) is 1.68. The molecule has 2 atom stereocenters. The molecule has 0 bridgehead atoms. The first-order valence-corrected chi connectivity index (χ1v) is 10.2. The average molecular weight is 396 g/mol. The van der Waals surface area contributed by atoms with Crippen molar-refractivity contribution in [3.05, 3.63) is 60.7 Å². The molecular weight excluding hydrogens is 374 g/mol. The van der Waals surface area contributed by atoms with E-state index < -0.39 is 5.60 Å². The van der Waals surface area contributed by atoms with Gasteiger partial charge in [0.25, 0.3) is 0 Å². The van der Waals surface area contributed by atoms with Crippen LogP contribution in [0.2, 0.25) is 0 Å². The molecule has 0 radical (unpaired) electrons. The Morgan fingerprint density at radius 1 is 1.21 bits per heavy atom. The third kappa shape index (κ3) is 4.26. The number of hydrogen-bond acceptors (Lipinski definition) is 5. The fraction of sp³-hybridized carbons (Fsp3) is 0.286. The SMILES string of the molecule is C[C@]1(O)CC(=O)O[C@@H](CSc2nc(-c3ccccc3)[n+](-c3ccccc3)[nH]2)C1. The topological polar surface area (TPSA) is 79.1 Å². The first-order chi connectivity index (χ1) is 13.5. The smallest absolute Gasteiger partial charge is 0.357 e. The van der Waals surface area contributed by atoms with E-state index in [1.807, 2.05) is 65.3 Å². The lowest BCUT2D eigenvalue weighted by molar-refractivity contribution is -0.648. The van der Waals surface area contributed by atoms with E-state index in [0.717, 1.165) is 22.2 Å². The van der Waals surface area contributed by atoms with Crippen molar-refractivity contribution in [1.82, 2.24) is 10.1 Å². The molecule has 0 unspecified atom stereocenters. The Bertz CT molecular complexity index is 901. The maximum Gasteiger partial charge on any atom is 0.357 e. The second-order valence-corrected chi connectivity index (χ2v) is 8.20. The number of thioether (sulfide) groups is 1.